The molecular weight excluding hydrogens is 148 g/mol. The van der Waals surface area contributed by atoms with Crippen LogP contribution in [0.2, 0.25) is 0 Å². The van der Waals surface area contributed by atoms with E-state index in [4.69, 9.17) is 0 Å². The van der Waals surface area contributed by atoms with Crippen LogP contribution in [0.3, 0.4) is 0 Å². The van der Waals surface area contributed by atoms with Crippen LogP contribution >= 0.6 is 0 Å². The van der Waals surface area contributed by atoms with Gasteiger partial charge in [0.1, 0.15) is 0 Å². The summed E-state index contributed by atoms with van der Waals surface area (Å²) in [7, 11) is 0. The predicted octanol–water partition coefficient (Wildman–Crippen LogP) is 2.01. The fraction of sp³-hybridized carbons (Fsp3) is 0.700. The van der Waals surface area contributed by atoms with Crippen molar-refractivity contribution in [2.24, 2.45) is 5.92 Å². The molecule has 2 heteroatoms. The number of nitrogens with zero attached hydrogens (tertiary/aromatic N) is 2. The molecule has 0 saturated heterocycles. The molecule has 1 heterocycles. The van der Waals surface area contributed by atoms with E-state index in [1.807, 2.05) is 0 Å². The van der Waals surface area contributed by atoms with Gasteiger partial charge in [-0.3, -0.25) is 4.68 Å². The zero-order valence-corrected chi connectivity index (χ0v) is 7.67. The molecule has 0 radical (unpaired) electrons. The van der Waals surface area contributed by atoms with Crippen LogP contribution in [0, 0.1) is 19.8 Å². The molecule has 1 aromatic rings. The summed E-state index contributed by atoms with van der Waals surface area (Å²) < 4.78 is 2.27. The molecule has 0 spiro atoms. The van der Waals surface area contributed by atoms with Crippen LogP contribution in [0.15, 0.2) is 6.07 Å². The van der Waals surface area contributed by atoms with E-state index in [1.54, 1.807) is 0 Å². The van der Waals surface area contributed by atoms with Crippen molar-refractivity contribution < 1.29 is 0 Å². The van der Waals surface area contributed by atoms with Gasteiger partial charge in [-0.15, -0.1) is 0 Å². The number of hydrogen-bond donors (Lipinski definition) is 0. The van der Waals surface area contributed by atoms with Crippen LogP contribution in [0.4, 0.5) is 0 Å². The molecule has 3 saturated carbocycles. The zero-order valence-electron chi connectivity index (χ0n) is 7.67. The topological polar surface area (TPSA) is 17.8 Å². The third-order valence-electron chi connectivity index (χ3n) is 3.46. The first-order valence-corrected chi connectivity index (χ1v) is 4.73. The molecule has 0 aliphatic heterocycles. The Labute approximate surface area is 72.6 Å². The highest BCUT2D eigenvalue weighted by Gasteiger charge is 2.58. The fourth-order valence-corrected chi connectivity index (χ4v) is 2.80. The Morgan fingerprint density at radius 2 is 2.08 bits per heavy atom. The van der Waals surface area contributed by atoms with Crippen LogP contribution in [-0.2, 0) is 5.54 Å². The average molecular weight is 162 g/mol. The maximum absolute atomic E-state index is 4.56. The molecule has 0 atom stereocenters. The second kappa shape index (κ2) is 1.76. The lowest BCUT2D eigenvalue weighted by atomic mass is 9.50. The average Bonchev–Trinajstić information content (AvgIpc) is 2.03. The smallest absolute Gasteiger partial charge is 0.0638 e. The Morgan fingerprint density at radius 1 is 1.42 bits per heavy atom. The van der Waals surface area contributed by atoms with E-state index >= 15 is 0 Å². The number of aryl methyl sites for hydroxylation is 2. The lowest BCUT2D eigenvalue weighted by Gasteiger charge is -2.61. The van der Waals surface area contributed by atoms with E-state index < -0.39 is 0 Å². The van der Waals surface area contributed by atoms with Gasteiger partial charge in [-0.2, -0.15) is 5.10 Å². The molecule has 2 bridgehead atoms. The van der Waals surface area contributed by atoms with Gasteiger partial charge in [0.25, 0.3) is 0 Å². The van der Waals surface area contributed by atoms with Crippen LogP contribution in [0.5, 0.6) is 0 Å². The Morgan fingerprint density at radius 3 is 2.42 bits per heavy atom. The van der Waals surface area contributed by atoms with Crippen LogP contribution in [-0.4, -0.2) is 9.78 Å². The summed E-state index contributed by atoms with van der Waals surface area (Å²) in [5.74, 6) is 1.04. The van der Waals surface area contributed by atoms with E-state index in [2.05, 4.69) is 29.7 Å². The van der Waals surface area contributed by atoms with Crippen molar-refractivity contribution in [1.29, 1.82) is 0 Å². The second-order valence-electron chi connectivity index (χ2n) is 4.54. The summed E-state index contributed by atoms with van der Waals surface area (Å²) in [4.78, 5) is 0. The highest BCUT2D eigenvalue weighted by molar-refractivity contribution is 5.18. The SMILES string of the molecule is Cc1cc(C)n(C23CC(C2)C3)n1. The van der Waals surface area contributed by atoms with Gasteiger partial charge in [-0.05, 0) is 45.1 Å². The van der Waals surface area contributed by atoms with E-state index in [1.165, 1.54) is 25.0 Å². The van der Waals surface area contributed by atoms with Crippen molar-refractivity contribution in [3.8, 4) is 0 Å². The molecule has 12 heavy (non-hydrogen) atoms. The molecule has 3 fully saturated rings. The first-order valence-electron chi connectivity index (χ1n) is 4.73. The molecule has 0 aromatic carbocycles. The monoisotopic (exact) mass is 162 g/mol. The molecule has 3 aliphatic carbocycles. The fourth-order valence-electron chi connectivity index (χ4n) is 2.80. The third-order valence-corrected chi connectivity index (χ3v) is 3.46. The van der Waals surface area contributed by atoms with Gasteiger partial charge >= 0.3 is 0 Å². The first kappa shape index (κ1) is 6.70. The van der Waals surface area contributed by atoms with Crippen molar-refractivity contribution >= 4 is 0 Å². The Balaban J connectivity index is 2.05. The molecule has 0 amide bonds. The highest BCUT2D eigenvalue weighted by Crippen LogP contribution is 2.62. The van der Waals surface area contributed by atoms with Gasteiger partial charge < -0.3 is 0 Å². The minimum absolute atomic E-state index is 0.475. The van der Waals surface area contributed by atoms with Gasteiger partial charge in [0.15, 0.2) is 0 Å². The van der Waals surface area contributed by atoms with E-state index in [9.17, 15) is 0 Å². The van der Waals surface area contributed by atoms with E-state index in [0.29, 0.717) is 5.54 Å². The minimum Gasteiger partial charge on any atom is -0.263 e. The van der Waals surface area contributed by atoms with E-state index in [-0.39, 0.29) is 0 Å². The van der Waals surface area contributed by atoms with Crippen molar-refractivity contribution in [2.75, 3.05) is 0 Å². The van der Waals surface area contributed by atoms with Crippen LogP contribution in [0.25, 0.3) is 0 Å². The summed E-state index contributed by atoms with van der Waals surface area (Å²) in [6.07, 6.45) is 4.15. The van der Waals surface area contributed by atoms with E-state index in [0.717, 1.165) is 11.6 Å². The lowest BCUT2D eigenvalue weighted by molar-refractivity contribution is -0.0992. The van der Waals surface area contributed by atoms with Crippen molar-refractivity contribution in [1.82, 2.24) is 9.78 Å². The van der Waals surface area contributed by atoms with Crippen LogP contribution in [0.1, 0.15) is 30.7 Å². The first-order chi connectivity index (χ1) is 5.70. The van der Waals surface area contributed by atoms with Gasteiger partial charge in [-0.25, -0.2) is 0 Å². The highest BCUT2D eigenvalue weighted by atomic mass is 15.4. The molecular formula is C10H14N2. The van der Waals surface area contributed by atoms with Gasteiger partial charge in [0.05, 0.1) is 11.2 Å². The summed E-state index contributed by atoms with van der Waals surface area (Å²) in [6.45, 7) is 4.25. The van der Waals surface area contributed by atoms with Gasteiger partial charge in [0.2, 0.25) is 0 Å². The normalized spacial score (nSPS) is 37.3. The molecule has 64 valence electrons. The molecule has 2 nitrogen and oxygen atoms in total. The Kier molecular flexibility index (Phi) is 0.980. The van der Waals surface area contributed by atoms with Crippen LogP contribution < -0.4 is 0 Å². The number of hydrogen-bond acceptors (Lipinski definition) is 1. The standard InChI is InChI=1S/C10H14N2/c1-7-3-8(2)12(11-7)10-4-9(5-10)6-10/h3,9H,4-6H2,1-2H3. The third kappa shape index (κ3) is 0.598. The molecule has 3 aliphatic rings. The maximum Gasteiger partial charge on any atom is 0.0638 e. The van der Waals surface area contributed by atoms with Crippen molar-refractivity contribution in [2.45, 2.75) is 38.6 Å². The molecule has 0 N–H and O–H groups in total. The maximum atomic E-state index is 4.56. The summed E-state index contributed by atoms with van der Waals surface area (Å²) in [5.41, 5.74) is 2.98. The summed E-state index contributed by atoms with van der Waals surface area (Å²) in [6, 6.07) is 2.18. The van der Waals surface area contributed by atoms with Gasteiger partial charge in [0, 0.05) is 5.69 Å². The Hall–Kier alpha value is -0.790. The van der Waals surface area contributed by atoms with Crippen molar-refractivity contribution in [3.05, 3.63) is 17.5 Å². The number of rotatable bonds is 1. The molecule has 4 rings (SSSR count). The molecule has 0 unspecified atom stereocenters. The predicted molar refractivity (Wildman–Crippen MR) is 47.0 cm³/mol. The minimum atomic E-state index is 0.475. The lowest BCUT2D eigenvalue weighted by Crippen LogP contribution is -2.60. The van der Waals surface area contributed by atoms with Crippen molar-refractivity contribution in [3.63, 3.8) is 0 Å². The molecule has 1 aromatic heterocycles. The zero-order chi connectivity index (χ0) is 8.34. The number of aromatic nitrogens is 2. The van der Waals surface area contributed by atoms with Gasteiger partial charge in [-0.1, -0.05) is 0 Å². The summed E-state index contributed by atoms with van der Waals surface area (Å²) >= 11 is 0. The summed E-state index contributed by atoms with van der Waals surface area (Å²) in [5, 5.41) is 4.56. The Bertz CT molecular complexity index is 321. The second-order valence-corrected chi connectivity index (χ2v) is 4.54. The largest absolute Gasteiger partial charge is 0.263 e. The quantitative estimate of drug-likeness (QED) is 0.617.